The second-order valence-electron chi connectivity index (χ2n) is 7.45. The monoisotopic (exact) mass is 428 g/mol. The van der Waals surface area contributed by atoms with Crippen LogP contribution in [0.5, 0.6) is 5.75 Å². The number of para-hydroxylation sites is 2. The van der Waals surface area contributed by atoms with Gasteiger partial charge in [-0.05, 0) is 43.2 Å². The van der Waals surface area contributed by atoms with Gasteiger partial charge in [0.05, 0.1) is 21.6 Å². The highest BCUT2D eigenvalue weighted by Gasteiger charge is 2.32. The van der Waals surface area contributed by atoms with Crippen LogP contribution in [0, 0.1) is 0 Å². The minimum absolute atomic E-state index is 0.0729. The van der Waals surface area contributed by atoms with E-state index in [1.165, 1.54) is 16.4 Å². The van der Waals surface area contributed by atoms with Gasteiger partial charge >= 0.3 is 5.69 Å². The Kier molecular flexibility index (Phi) is 4.40. The lowest BCUT2D eigenvalue weighted by atomic mass is 10.1. The first kappa shape index (κ1) is 18.9. The highest BCUT2D eigenvalue weighted by molar-refractivity contribution is 7.89. The first-order chi connectivity index (χ1) is 14.4. The Morgan fingerprint density at radius 3 is 2.60 bits per heavy atom. The molecule has 0 spiro atoms. The van der Waals surface area contributed by atoms with Crippen LogP contribution in [-0.4, -0.2) is 47.9 Å². The standard InChI is InChI=1S/C20H20N4O5S/c25-19-12-29-18-6-5-14(11-16(18)21-19)30(27,28)23-9-7-13(8-10-23)24-17-4-2-1-3-15(17)22-20(24)26/h1-6,11,13H,7-10,12H2,(H,21,25)(H,22,26). The molecule has 1 amide bonds. The van der Waals surface area contributed by atoms with E-state index in [2.05, 4.69) is 10.3 Å². The molecule has 10 heteroatoms. The Morgan fingerprint density at radius 1 is 1.03 bits per heavy atom. The third kappa shape index (κ3) is 3.08. The van der Waals surface area contributed by atoms with Gasteiger partial charge in [-0.25, -0.2) is 13.2 Å². The van der Waals surface area contributed by atoms with Crippen molar-refractivity contribution in [3.8, 4) is 5.75 Å². The van der Waals surface area contributed by atoms with Crippen molar-refractivity contribution in [3.63, 3.8) is 0 Å². The third-order valence-electron chi connectivity index (χ3n) is 5.63. The molecular weight excluding hydrogens is 408 g/mol. The van der Waals surface area contributed by atoms with E-state index in [1.54, 1.807) is 10.6 Å². The van der Waals surface area contributed by atoms with Gasteiger partial charge in [0.25, 0.3) is 5.91 Å². The predicted molar refractivity (Wildman–Crippen MR) is 110 cm³/mol. The molecule has 3 aromatic rings. The smallest absolute Gasteiger partial charge is 0.326 e. The Bertz CT molecular complexity index is 1300. The van der Waals surface area contributed by atoms with E-state index in [1.807, 2.05) is 24.3 Å². The summed E-state index contributed by atoms with van der Waals surface area (Å²) >= 11 is 0. The van der Waals surface area contributed by atoms with Crippen LogP contribution < -0.4 is 15.7 Å². The summed E-state index contributed by atoms with van der Waals surface area (Å²) in [5.74, 6) is 0.132. The molecule has 3 heterocycles. The first-order valence-corrected chi connectivity index (χ1v) is 11.1. The van der Waals surface area contributed by atoms with Crippen LogP contribution in [0.15, 0.2) is 52.2 Å². The van der Waals surface area contributed by atoms with Crippen molar-refractivity contribution >= 4 is 32.7 Å². The van der Waals surface area contributed by atoms with Crippen LogP contribution in [-0.2, 0) is 14.8 Å². The number of nitrogens with one attached hydrogen (secondary N) is 2. The summed E-state index contributed by atoms with van der Waals surface area (Å²) in [5.41, 5.74) is 1.78. The molecule has 2 aliphatic heterocycles. The number of nitrogens with zero attached hydrogens (tertiary/aromatic N) is 2. The molecule has 1 fully saturated rings. The van der Waals surface area contributed by atoms with Crippen LogP contribution in [0.1, 0.15) is 18.9 Å². The van der Waals surface area contributed by atoms with Gasteiger partial charge in [0.2, 0.25) is 10.0 Å². The fourth-order valence-electron chi connectivity index (χ4n) is 4.15. The van der Waals surface area contributed by atoms with Crippen molar-refractivity contribution in [1.82, 2.24) is 13.9 Å². The number of aromatic amines is 1. The van der Waals surface area contributed by atoms with Crippen LogP contribution in [0.25, 0.3) is 11.0 Å². The molecule has 0 aliphatic carbocycles. The summed E-state index contributed by atoms with van der Waals surface area (Å²) in [6, 6.07) is 11.9. The van der Waals surface area contributed by atoms with Crippen molar-refractivity contribution in [1.29, 1.82) is 0 Å². The SMILES string of the molecule is O=C1COc2ccc(S(=O)(=O)N3CCC(n4c(=O)[nH]c5ccccc54)CC3)cc2N1. The lowest BCUT2D eigenvalue weighted by molar-refractivity contribution is -0.118. The summed E-state index contributed by atoms with van der Waals surface area (Å²) < 4.78 is 34.7. The molecule has 5 rings (SSSR count). The topological polar surface area (TPSA) is 114 Å². The van der Waals surface area contributed by atoms with Crippen LogP contribution in [0.4, 0.5) is 5.69 Å². The van der Waals surface area contributed by atoms with Crippen molar-refractivity contribution in [2.24, 2.45) is 0 Å². The average Bonchev–Trinajstić information content (AvgIpc) is 3.09. The number of benzene rings is 2. The second kappa shape index (κ2) is 6.99. The van der Waals surface area contributed by atoms with Crippen LogP contribution in [0.2, 0.25) is 0 Å². The number of hydrogen-bond acceptors (Lipinski definition) is 5. The Balaban J connectivity index is 1.37. The molecule has 2 N–H and O–H groups in total. The van der Waals surface area contributed by atoms with E-state index in [9.17, 15) is 18.0 Å². The van der Waals surface area contributed by atoms with E-state index in [0.717, 1.165) is 11.0 Å². The van der Waals surface area contributed by atoms with Crippen molar-refractivity contribution in [3.05, 3.63) is 52.9 Å². The molecule has 156 valence electrons. The summed E-state index contributed by atoms with van der Waals surface area (Å²) in [6.45, 7) is 0.525. The van der Waals surface area contributed by atoms with Gasteiger partial charge in [-0.3, -0.25) is 9.36 Å². The van der Waals surface area contributed by atoms with Crippen molar-refractivity contribution in [2.45, 2.75) is 23.8 Å². The van der Waals surface area contributed by atoms with Gasteiger partial charge in [-0.1, -0.05) is 12.1 Å². The zero-order valence-corrected chi connectivity index (χ0v) is 16.8. The fraction of sp³-hybridized carbons (Fsp3) is 0.300. The number of carbonyl (C=O) groups excluding carboxylic acids is 1. The lowest BCUT2D eigenvalue weighted by Crippen LogP contribution is -2.40. The molecule has 2 aliphatic rings. The molecule has 1 aromatic heterocycles. The number of piperidine rings is 1. The molecule has 30 heavy (non-hydrogen) atoms. The number of amides is 1. The van der Waals surface area contributed by atoms with Crippen LogP contribution in [0.3, 0.4) is 0 Å². The molecule has 0 saturated carbocycles. The number of H-pyrrole nitrogens is 1. The maximum absolute atomic E-state index is 13.1. The maximum atomic E-state index is 13.1. The van der Waals surface area contributed by atoms with Gasteiger partial charge in [0.15, 0.2) is 6.61 Å². The minimum Gasteiger partial charge on any atom is -0.482 e. The number of hydrogen-bond donors (Lipinski definition) is 2. The fourth-order valence-corrected chi connectivity index (χ4v) is 5.65. The number of sulfonamides is 1. The second-order valence-corrected chi connectivity index (χ2v) is 9.39. The van der Waals surface area contributed by atoms with E-state index in [0.29, 0.717) is 37.4 Å². The molecule has 0 radical (unpaired) electrons. The first-order valence-electron chi connectivity index (χ1n) is 9.69. The molecular formula is C20H20N4O5S. The molecule has 2 aromatic carbocycles. The lowest BCUT2D eigenvalue weighted by Gasteiger charge is -2.32. The molecule has 0 bridgehead atoms. The summed E-state index contributed by atoms with van der Waals surface area (Å²) in [5, 5.41) is 2.64. The van der Waals surface area contributed by atoms with E-state index in [-0.39, 0.29) is 29.1 Å². The highest BCUT2D eigenvalue weighted by Crippen LogP contribution is 2.33. The maximum Gasteiger partial charge on any atom is 0.326 e. The number of anilines is 1. The van der Waals surface area contributed by atoms with Gasteiger partial charge < -0.3 is 15.0 Å². The van der Waals surface area contributed by atoms with E-state index < -0.39 is 10.0 Å². The number of ether oxygens (including phenoxy) is 1. The van der Waals surface area contributed by atoms with Gasteiger partial charge in [0.1, 0.15) is 5.75 Å². The number of imidazole rings is 1. The quantitative estimate of drug-likeness (QED) is 0.659. The third-order valence-corrected chi connectivity index (χ3v) is 7.53. The van der Waals surface area contributed by atoms with Crippen molar-refractivity contribution < 1.29 is 17.9 Å². The summed E-state index contributed by atoms with van der Waals surface area (Å²) in [6.07, 6.45) is 1.07. The number of rotatable bonds is 3. The van der Waals surface area contributed by atoms with Gasteiger partial charge in [-0.15, -0.1) is 0 Å². The Morgan fingerprint density at radius 2 is 1.80 bits per heavy atom. The van der Waals surface area contributed by atoms with Gasteiger partial charge in [-0.2, -0.15) is 4.31 Å². The molecule has 0 atom stereocenters. The van der Waals surface area contributed by atoms with Crippen molar-refractivity contribution in [2.75, 3.05) is 25.0 Å². The number of carbonyl (C=O) groups is 1. The zero-order valence-electron chi connectivity index (χ0n) is 16.0. The summed E-state index contributed by atoms with van der Waals surface area (Å²) in [4.78, 5) is 26.9. The van der Waals surface area contributed by atoms with Crippen LogP contribution >= 0.6 is 0 Å². The molecule has 1 saturated heterocycles. The average molecular weight is 428 g/mol. The van der Waals surface area contributed by atoms with E-state index in [4.69, 9.17) is 4.74 Å². The number of aromatic nitrogens is 2. The van der Waals surface area contributed by atoms with E-state index >= 15 is 0 Å². The minimum atomic E-state index is -3.73. The largest absolute Gasteiger partial charge is 0.482 e. The molecule has 9 nitrogen and oxygen atoms in total. The highest BCUT2D eigenvalue weighted by atomic mass is 32.2. The Hall–Kier alpha value is -3.11. The predicted octanol–water partition coefficient (Wildman–Crippen LogP) is 1.69. The van der Waals surface area contributed by atoms with Gasteiger partial charge in [0, 0.05) is 19.1 Å². The Labute approximate surface area is 172 Å². The normalized spacial score (nSPS) is 18.1. The summed E-state index contributed by atoms with van der Waals surface area (Å²) in [7, 11) is -3.73. The molecule has 0 unspecified atom stereocenters. The zero-order chi connectivity index (χ0) is 20.9. The number of fused-ring (bicyclic) bond motifs is 2.